The fourth-order valence-corrected chi connectivity index (χ4v) is 1.38. The van der Waals surface area contributed by atoms with Crippen molar-refractivity contribution in [2.45, 2.75) is 40.5 Å². The van der Waals surface area contributed by atoms with Gasteiger partial charge in [0.2, 0.25) is 0 Å². The number of carbonyl (C=O) groups is 1. The van der Waals surface area contributed by atoms with Gasteiger partial charge in [0.15, 0.2) is 0 Å². The second-order valence-electron chi connectivity index (χ2n) is 3.64. The number of hydrogen-bond donors (Lipinski definition) is 0. The molecular weight excluding hydrogens is 124 g/mol. The number of carbonyl (C=O) groups excluding carboxylic acids is 1. The first-order valence-electron chi connectivity index (χ1n) is 4.01. The van der Waals surface area contributed by atoms with Crippen molar-refractivity contribution in [3.05, 3.63) is 0 Å². The van der Waals surface area contributed by atoms with Gasteiger partial charge in [0, 0.05) is 6.42 Å². The Hall–Kier alpha value is -0.330. The van der Waals surface area contributed by atoms with E-state index in [1.165, 1.54) is 6.42 Å². The number of rotatable bonds is 4. The number of ketones is 1. The lowest BCUT2D eigenvalue weighted by Gasteiger charge is -2.10. The molecule has 60 valence electrons. The van der Waals surface area contributed by atoms with E-state index in [9.17, 15) is 4.79 Å². The third-order valence-electron chi connectivity index (χ3n) is 1.51. The van der Waals surface area contributed by atoms with E-state index in [-0.39, 0.29) is 0 Å². The molecule has 0 amide bonds. The average molecular weight is 142 g/mol. The van der Waals surface area contributed by atoms with Crippen LogP contribution in [0.5, 0.6) is 0 Å². The maximum Gasteiger partial charge on any atom is 0.130 e. The van der Waals surface area contributed by atoms with Gasteiger partial charge in [-0.2, -0.15) is 0 Å². The Labute approximate surface area is 63.8 Å². The molecule has 0 unspecified atom stereocenters. The molecule has 0 aromatic rings. The molecule has 1 atom stereocenters. The van der Waals surface area contributed by atoms with Crippen LogP contribution in [0.1, 0.15) is 40.5 Å². The molecule has 0 saturated heterocycles. The molecule has 0 N–H and O–H groups in total. The highest BCUT2D eigenvalue weighted by molar-refractivity contribution is 5.75. The Balaban J connectivity index is 3.43. The highest BCUT2D eigenvalue weighted by Gasteiger charge is 2.06. The van der Waals surface area contributed by atoms with Crippen LogP contribution in [0.4, 0.5) is 0 Å². The van der Waals surface area contributed by atoms with Crippen LogP contribution in [-0.4, -0.2) is 5.78 Å². The topological polar surface area (TPSA) is 17.1 Å². The summed E-state index contributed by atoms with van der Waals surface area (Å²) in [6, 6.07) is 0. The van der Waals surface area contributed by atoms with Gasteiger partial charge in [0.25, 0.3) is 0 Å². The zero-order chi connectivity index (χ0) is 8.15. The van der Waals surface area contributed by atoms with Gasteiger partial charge in [-0.05, 0) is 25.2 Å². The van der Waals surface area contributed by atoms with Crippen LogP contribution in [0, 0.1) is 11.8 Å². The molecule has 0 heterocycles. The van der Waals surface area contributed by atoms with Crippen LogP contribution in [0.15, 0.2) is 0 Å². The smallest absolute Gasteiger partial charge is 0.130 e. The van der Waals surface area contributed by atoms with Crippen molar-refractivity contribution in [2.24, 2.45) is 11.8 Å². The summed E-state index contributed by atoms with van der Waals surface area (Å²) in [6.07, 6.45) is 1.91. The fraction of sp³-hybridized carbons (Fsp3) is 0.889. The van der Waals surface area contributed by atoms with Crippen molar-refractivity contribution in [3.8, 4) is 0 Å². The summed E-state index contributed by atoms with van der Waals surface area (Å²) >= 11 is 0. The number of Topliss-reactive ketones (excluding diaryl/α,β-unsaturated/α-hetero) is 1. The summed E-state index contributed by atoms with van der Waals surface area (Å²) in [5, 5.41) is 0. The van der Waals surface area contributed by atoms with E-state index in [0.29, 0.717) is 17.6 Å². The van der Waals surface area contributed by atoms with Crippen molar-refractivity contribution >= 4 is 5.78 Å². The van der Waals surface area contributed by atoms with Gasteiger partial charge in [-0.25, -0.2) is 0 Å². The molecule has 0 fully saturated rings. The summed E-state index contributed by atoms with van der Waals surface area (Å²) in [6.45, 7) is 8.19. The minimum absolute atomic E-state index is 0.313. The van der Waals surface area contributed by atoms with Gasteiger partial charge in [0.05, 0.1) is 0 Å². The Morgan fingerprint density at radius 3 is 2.10 bits per heavy atom. The lowest BCUT2D eigenvalue weighted by molar-refractivity contribution is -0.117. The Bertz CT molecular complexity index is 105. The van der Waals surface area contributed by atoms with Crippen LogP contribution in [0.3, 0.4) is 0 Å². The SMILES string of the molecule is CC(=O)C[C@@H](C)CC(C)C. The molecule has 0 spiro atoms. The molecule has 0 aliphatic rings. The molecule has 10 heavy (non-hydrogen) atoms. The predicted molar refractivity (Wildman–Crippen MR) is 43.9 cm³/mol. The Morgan fingerprint density at radius 2 is 1.80 bits per heavy atom. The maximum atomic E-state index is 10.6. The van der Waals surface area contributed by atoms with E-state index in [1.54, 1.807) is 6.92 Å². The van der Waals surface area contributed by atoms with Crippen LogP contribution < -0.4 is 0 Å². The predicted octanol–water partition coefficient (Wildman–Crippen LogP) is 2.65. The molecule has 1 heteroatoms. The van der Waals surface area contributed by atoms with Gasteiger partial charge in [-0.15, -0.1) is 0 Å². The van der Waals surface area contributed by atoms with E-state index in [1.807, 2.05) is 0 Å². The summed E-state index contributed by atoms with van der Waals surface area (Å²) < 4.78 is 0. The van der Waals surface area contributed by atoms with Crippen molar-refractivity contribution in [3.63, 3.8) is 0 Å². The standard InChI is InChI=1S/C9H18O/c1-7(2)5-8(3)6-9(4)10/h7-8H,5-6H2,1-4H3/t8-/m0/s1. The van der Waals surface area contributed by atoms with E-state index in [0.717, 1.165) is 6.42 Å². The normalized spacial score (nSPS) is 13.7. The quantitative estimate of drug-likeness (QED) is 0.589. The summed E-state index contributed by atoms with van der Waals surface area (Å²) in [5.74, 6) is 1.60. The van der Waals surface area contributed by atoms with Crippen molar-refractivity contribution in [1.29, 1.82) is 0 Å². The molecule has 0 aromatic carbocycles. The molecule has 0 radical (unpaired) electrons. The van der Waals surface area contributed by atoms with Gasteiger partial charge in [-0.1, -0.05) is 20.8 Å². The van der Waals surface area contributed by atoms with E-state index < -0.39 is 0 Å². The zero-order valence-electron chi connectivity index (χ0n) is 7.48. The minimum atomic E-state index is 0.313. The molecule has 0 saturated carbocycles. The van der Waals surface area contributed by atoms with E-state index in [2.05, 4.69) is 20.8 Å². The third kappa shape index (κ3) is 5.80. The lowest BCUT2D eigenvalue weighted by Crippen LogP contribution is -2.04. The van der Waals surface area contributed by atoms with Crippen LogP contribution in [-0.2, 0) is 4.79 Å². The molecule has 0 aromatic heterocycles. The lowest BCUT2D eigenvalue weighted by atomic mass is 9.95. The molecule has 1 nitrogen and oxygen atoms in total. The first-order valence-corrected chi connectivity index (χ1v) is 4.01. The number of hydrogen-bond acceptors (Lipinski definition) is 1. The summed E-state index contributed by atoms with van der Waals surface area (Å²) in [7, 11) is 0. The van der Waals surface area contributed by atoms with E-state index >= 15 is 0 Å². The maximum absolute atomic E-state index is 10.6. The molecule has 0 bridgehead atoms. The molecular formula is C9H18O. The fourth-order valence-electron chi connectivity index (χ4n) is 1.38. The largest absolute Gasteiger partial charge is 0.300 e. The monoisotopic (exact) mass is 142 g/mol. The van der Waals surface area contributed by atoms with Gasteiger partial charge in [-0.3, -0.25) is 0 Å². The highest BCUT2D eigenvalue weighted by atomic mass is 16.1. The molecule has 0 aliphatic heterocycles. The van der Waals surface area contributed by atoms with Crippen LogP contribution >= 0.6 is 0 Å². The van der Waals surface area contributed by atoms with Gasteiger partial charge < -0.3 is 4.79 Å². The third-order valence-corrected chi connectivity index (χ3v) is 1.51. The van der Waals surface area contributed by atoms with E-state index in [4.69, 9.17) is 0 Å². The highest BCUT2D eigenvalue weighted by Crippen LogP contribution is 2.14. The second-order valence-corrected chi connectivity index (χ2v) is 3.64. The van der Waals surface area contributed by atoms with Gasteiger partial charge >= 0.3 is 0 Å². The minimum Gasteiger partial charge on any atom is -0.300 e. The van der Waals surface area contributed by atoms with Crippen LogP contribution in [0.2, 0.25) is 0 Å². The first-order chi connectivity index (χ1) is 4.52. The molecule has 0 rings (SSSR count). The first kappa shape index (κ1) is 9.67. The van der Waals surface area contributed by atoms with Crippen LogP contribution in [0.25, 0.3) is 0 Å². The average Bonchev–Trinajstić information content (AvgIpc) is 1.58. The zero-order valence-corrected chi connectivity index (χ0v) is 7.48. The van der Waals surface area contributed by atoms with Crippen molar-refractivity contribution in [2.75, 3.05) is 0 Å². The summed E-state index contributed by atoms with van der Waals surface area (Å²) in [4.78, 5) is 10.6. The Morgan fingerprint density at radius 1 is 1.30 bits per heavy atom. The second kappa shape index (κ2) is 4.48. The van der Waals surface area contributed by atoms with Gasteiger partial charge in [0.1, 0.15) is 5.78 Å². The summed E-state index contributed by atoms with van der Waals surface area (Å²) in [5.41, 5.74) is 0. The molecule has 0 aliphatic carbocycles. The van der Waals surface area contributed by atoms with Crippen molar-refractivity contribution < 1.29 is 4.79 Å². The van der Waals surface area contributed by atoms with Crippen molar-refractivity contribution in [1.82, 2.24) is 0 Å². The Kier molecular flexibility index (Phi) is 4.33.